The van der Waals surface area contributed by atoms with Crippen molar-refractivity contribution in [2.45, 2.75) is 13.0 Å². The Hall–Kier alpha value is -0.670. The van der Waals surface area contributed by atoms with Crippen LogP contribution in [0.25, 0.3) is 0 Å². The number of carbonyl (C=O) groups excluding carboxylic acids is 1. The number of carboxylic acids is 1. The summed E-state index contributed by atoms with van der Waals surface area (Å²) in [6, 6.07) is -0.822. The summed E-state index contributed by atoms with van der Waals surface area (Å²) >= 11 is 0. The molecule has 0 aromatic carbocycles. The number of rotatable bonds is 4. The van der Waals surface area contributed by atoms with Crippen LogP contribution in [0.2, 0.25) is 0 Å². The number of carbonyl (C=O) groups is 2. The van der Waals surface area contributed by atoms with Crippen molar-refractivity contribution in [1.29, 1.82) is 0 Å². The summed E-state index contributed by atoms with van der Waals surface area (Å²) in [4.78, 5) is 21.4. The third kappa shape index (κ3) is 2.75. The molecule has 0 spiro atoms. The highest BCUT2D eigenvalue weighted by atomic mass is 31.0. The molecule has 6 heteroatoms. The Morgan fingerprint density at radius 1 is 1.58 bits per heavy atom. The molecular weight excluding hydrogens is 181 g/mol. The molecule has 3 atom stereocenters. The van der Waals surface area contributed by atoms with E-state index in [1.54, 1.807) is 0 Å². The van der Waals surface area contributed by atoms with Crippen LogP contribution in [0.15, 0.2) is 0 Å². The number of hydrogen-bond donors (Lipinski definition) is 2. The van der Waals surface area contributed by atoms with Gasteiger partial charge in [0.25, 0.3) is 0 Å². The van der Waals surface area contributed by atoms with E-state index in [2.05, 4.69) is 19.2 Å². The average Bonchev–Trinajstić information content (AvgIpc) is 2.05. The Bertz CT molecular complexity index is 184. The molecule has 0 fully saturated rings. The SMILES string of the molecule is COC(=O)[C@@H](NP)C(C)C(=O)O. The van der Waals surface area contributed by atoms with Gasteiger partial charge < -0.3 is 9.84 Å². The van der Waals surface area contributed by atoms with Gasteiger partial charge in [0, 0.05) is 0 Å². The molecule has 2 unspecified atom stereocenters. The second kappa shape index (κ2) is 5.06. The first-order valence-electron chi connectivity index (χ1n) is 3.31. The van der Waals surface area contributed by atoms with Crippen molar-refractivity contribution in [3.8, 4) is 0 Å². The van der Waals surface area contributed by atoms with E-state index in [-0.39, 0.29) is 0 Å². The van der Waals surface area contributed by atoms with Crippen molar-refractivity contribution in [2.75, 3.05) is 7.11 Å². The lowest BCUT2D eigenvalue weighted by Crippen LogP contribution is -2.41. The Kier molecular flexibility index (Phi) is 4.78. The molecule has 0 radical (unpaired) electrons. The van der Waals surface area contributed by atoms with Gasteiger partial charge in [-0.05, 0) is 6.92 Å². The highest BCUT2D eigenvalue weighted by molar-refractivity contribution is 7.13. The highest BCUT2D eigenvalue weighted by Crippen LogP contribution is 2.06. The zero-order valence-corrected chi connectivity index (χ0v) is 8.06. The largest absolute Gasteiger partial charge is 0.481 e. The molecule has 0 aliphatic carbocycles. The number of esters is 1. The zero-order chi connectivity index (χ0) is 9.72. The Morgan fingerprint density at radius 3 is 2.33 bits per heavy atom. The number of aliphatic carboxylic acids is 1. The summed E-state index contributed by atoms with van der Waals surface area (Å²) in [5.41, 5.74) is 0. The molecule has 0 aromatic rings. The van der Waals surface area contributed by atoms with Gasteiger partial charge in [-0.25, -0.2) is 0 Å². The first kappa shape index (κ1) is 11.3. The smallest absolute Gasteiger partial charge is 0.324 e. The summed E-state index contributed by atoms with van der Waals surface area (Å²) in [6.07, 6.45) is 0. The molecule has 0 aliphatic rings. The lowest BCUT2D eigenvalue weighted by atomic mass is 10.0. The average molecular weight is 193 g/mol. The molecule has 0 saturated heterocycles. The van der Waals surface area contributed by atoms with Crippen molar-refractivity contribution in [3.63, 3.8) is 0 Å². The van der Waals surface area contributed by atoms with Crippen molar-refractivity contribution in [2.24, 2.45) is 5.92 Å². The lowest BCUT2D eigenvalue weighted by Gasteiger charge is -2.16. The van der Waals surface area contributed by atoms with Crippen LogP contribution in [0.5, 0.6) is 0 Å². The van der Waals surface area contributed by atoms with E-state index in [1.165, 1.54) is 14.0 Å². The maximum absolute atomic E-state index is 10.9. The third-order valence-corrected chi connectivity index (χ3v) is 1.88. The van der Waals surface area contributed by atoms with Gasteiger partial charge in [0.05, 0.1) is 13.0 Å². The molecule has 12 heavy (non-hydrogen) atoms. The molecule has 0 amide bonds. The number of carboxylic acid groups (broad SMARTS) is 1. The van der Waals surface area contributed by atoms with Gasteiger partial charge in [-0.15, -0.1) is 0 Å². The third-order valence-electron chi connectivity index (χ3n) is 1.52. The first-order chi connectivity index (χ1) is 5.54. The summed E-state index contributed by atoms with van der Waals surface area (Å²) in [6.45, 7) is 1.43. The van der Waals surface area contributed by atoms with Crippen LogP contribution in [-0.2, 0) is 14.3 Å². The zero-order valence-electron chi connectivity index (χ0n) is 6.90. The molecule has 70 valence electrons. The van der Waals surface area contributed by atoms with Crippen LogP contribution in [0, 0.1) is 5.92 Å². The van der Waals surface area contributed by atoms with Gasteiger partial charge in [0.15, 0.2) is 0 Å². The van der Waals surface area contributed by atoms with Crippen LogP contribution in [0.4, 0.5) is 0 Å². The Labute approximate surface area is 72.7 Å². The van der Waals surface area contributed by atoms with Crippen LogP contribution in [-0.4, -0.2) is 30.2 Å². The molecule has 0 saturated carbocycles. The summed E-state index contributed by atoms with van der Waals surface area (Å²) in [7, 11) is 3.31. The first-order valence-corrected chi connectivity index (χ1v) is 3.89. The van der Waals surface area contributed by atoms with E-state index in [0.29, 0.717) is 0 Å². The number of nitrogens with one attached hydrogen (secondary N) is 1. The van der Waals surface area contributed by atoms with Gasteiger partial charge in [-0.2, -0.15) is 0 Å². The van der Waals surface area contributed by atoms with Crippen LogP contribution < -0.4 is 5.09 Å². The summed E-state index contributed by atoms with van der Waals surface area (Å²) in [5, 5.41) is 11.1. The van der Waals surface area contributed by atoms with Crippen molar-refractivity contribution >= 4 is 21.3 Å². The highest BCUT2D eigenvalue weighted by Gasteiger charge is 2.29. The van der Waals surface area contributed by atoms with Crippen molar-refractivity contribution < 1.29 is 19.4 Å². The van der Waals surface area contributed by atoms with E-state index in [0.717, 1.165) is 0 Å². The van der Waals surface area contributed by atoms with Crippen LogP contribution in [0.1, 0.15) is 6.92 Å². The monoisotopic (exact) mass is 193 g/mol. The molecular formula is C6H12NO4P. The number of hydrogen-bond acceptors (Lipinski definition) is 4. The van der Waals surface area contributed by atoms with E-state index in [1.807, 2.05) is 0 Å². The normalized spacial score (nSPS) is 14.9. The molecule has 0 heterocycles. The topological polar surface area (TPSA) is 75.6 Å². The van der Waals surface area contributed by atoms with Gasteiger partial charge in [0.2, 0.25) is 0 Å². The molecule has 0 aromatic heterocycles. The van der Waals surface area contributed by atoms with Crippen molar-refractivity contribution in [3.05, 3.63) is 0 Å². The minimum absolute atomic E-state index is 0.583. The summed E-state index contributed by atoms with van der Waals surface area (Å²) < 4.78 is 4.40. The fourth-order valence-electron chi connectivity index (χ4n) is 0.686. The van der Waals surface area contributed by atoms with Gasteiger partial charge in [-0.1, -0.05) is 9.39 Å². The minimum atomic E-state index is -1.04. The fourth-order valence-corrected chi connectivity index (χ4v) is 1.11. The molecule has 5 nitrogen and oxygen atoms in total. The summed E-state index contributed by atoms with van der Waals surface area (Å²) in [5.74, 6) is -2.43. The van der Waals surface area contributed by atoms with E-state index in [9.17, 15) is 9.59 Å². The molecule has 0 bridgehead atoms. The fraction of sp³-hybridized carbons (Fsp3) is 0.667. The predicted molar refractivity (Wildman–Crippen MR) is 45.4 cm³/mol. The van der Waals surface area contributed by atoms with Crippen molar-refractivity contribution in [1.82, 2.24) is 5.09 Å². The number of methoxy groups -OCH3 is 1. The van der Waals surface area contributed by atoms with Gasteiger partial charge in [-0.3, -0.25) is 14.7 Å². The standard InChI is InChI=1S/C6H12NO4P/c1-3(5(8)9)4(7-12)6(10)11-2/h3-4,7H,12H2,1-2H3,(H,8,9)/t3?,4-/m0/s1. The van der Waals surface area contributed by atoms with Gasteiger partial charge in [0.1, 0.15) is 6.04 Å². The number of ether oxygens (including phenoxy) is 1. The van der Waals surface area contributed by atoms with E-state index in [4.69, 9.17) is 5.11 Å². The quantitative estimate of drug-likeness (QED) is 0.470. The molecule has 0 rings (SSSR count). The van der Waals surface area contributed by atoms with Crippen LogP contribution in [0.3, 0.4) is 0 Å². The second-order valence-corrected chi connectivity index (χ2v) is 2.63. The Morgan fingerprint density at radius 2 is 2.08 bits per heavy atom. The maximum atomic E-state index is 10.9. The second-order valence-electron chi connectivity index (χ2n) is 2.29. The van der Waals surface area contributed by atoms with Gasteiger partial charge >= 0.3 is 11.9 Å². The van der Waals surface area contributed by atoms with Crippen LogP contribution >= 0.6 is 9.39 Å². The van der Waals surface area contributed by atoms with E-state index >= 15 is 0 Å². The lowest BCUT2D eigenvalue weighted by molar-refractivity contribution is -0.151. The van der Waals surface area contributed by atoms with E-state index < -0.39 is 23.9 Å². The molecule has 0 aliphatic heterocycles. The minimum Gasteiger partial charge on any atom is -0.481 e. The predicted octanol–water partition coefficient (Wildman–Crippen LogP) is -0.372. The maximum Gasteiger partial charge on any atom is 0.324 e. The Balaban J connectivity index is 4.33. The molecule has 2 N–H and O–H groups in total.